The van der Waals surface area contributed by atoms with Gasteiger partial charge in [0.1, 0.15) is 4.90 Å². The molecule has 0 spiro atoms. The van der Waals surface area contributed by atoms with Gasteiger partial charge in [0, 0.05) is 0 Å². The van der Waals surface area contributed by atoms with Crippen molar-refractivity contribution in [2.75, 3.05) is 7.11 Å². The van der Waals surface area contributed by atoms with Gasteiger partial charge in [-0.2, -0.15) is 8.78 Å². The lowest BCUT2D eigenvalue weighted by atomic mass is 10.2. The van der Waals surface area contributed by atoms with Gasteiger partial charge in [0.05, 0.1) is 16.9 Å². The summed E-state index contributed by atoms with van der Waals surface area (Å²) in [4.78, 5) is 5.56. The van der Waals surface area contributed by atoms with E-state index in [1.165, 1.54) is 0 Å². The maximum absolute atomic E-state index is 13.9. The standard InChI is InChI=1S/C13H6F5NO5S/c1-24-7-3-2-5(4-6(7)14)25(22,23)13-10(17)8(15)12(19(20)21)9(16)11(13)18/h2-4H,1H3. The van der Waals surface area contributed by atoms with E-state index in [4.69, 9.17) is 0 Å². The Morgan fingerprint density at radius 1 is 1.00 bits per heavy atom. The molecule has 0 unspecified atom stereocenters. The number of methoxy groups -OCH3 is 1. The quantitative estimate of drug-likeness (QED) is 0.350. The van der Waals surface area contributed by atoms with E-state index in [1.54, 1.807) is 0 Å². The zero-order chi connectivity index (χ0) is 19.1. The van der Waals surface area contributed by atoms with E-state index in [0.717, 1.165) is 13.2 Å². The highest BCUT2D eigenvalue weighted by molar-refractivity contribution is 7.91. The molecule has 0 aliphatic carbocycles. The van der Waals surface area contributed by atoms with Gasteiger partial charge in [-0.3, -0.25) is 10.1 Å². The Bertz CT molecular complexity index is 964. The van der Waals surface area contributed by atoms with Crippen molar-refractivity contribution in [3.05, 3.63) is 57.4 Å². The number of ether oxygens (including phenoxy) is 1. The zero-order valence-corrected chi connectivity index (χ0v) is 12.8. The van der Waals surface area contributed by atoms with Gasteiger partial charge in [-0.25, -0.2) is 21.6 Å². The minimum absolute atomic E-state index is 0.310. The molecule has 25 heavy (non-hydrogen) atoms. The molecule has 0 aromatic heterocycles. The van der Waals surface area contributed by atoms with Crippen LogP contribution in [0.25, 0.3) is 0 Å². The van der Waals surface area contributed by atoms with Crippen molar-refractivity contribution in [2.45, 2.75) is 9.79 Å². The van der Waals surface area contributed by atoms with E-state index >= 15 is 0 Å². The first-order chi connectivity index (χ1) is 11.5. The molecule has 12 heteroatoms. The Labute approximate surface area is 136 Å². The van der Waals surface area contributed by atoms with Crippen LogP contribution < -0.4 is 4.74 Å². The summed E-state index contributed by atoms with van der Waals surface area (Å²) in [5.74, 6) is -11.6. The molecule has 0 atom stereocenters. The van der Waals surface area contributed by atoms with Crippen LogP contribution >= 0.6 is 0 Å². The minimum Gasteiger partial charge on any atom is -0.494 e. The predicted octanol–water partition coefficient (Wildman–Crippen LogP) is 3.13. The van der Waals surface area contributed by atoms with Crippen LogP contribution in [0.5, 0.6) is 5.75 Å². The van der Waals surface area contributed by atoms with E-state index < -0.39 is 65.1 Å². The van der Waals surface area contributed by atoms with Crippen molar-refractivity contribution < 1.29 is 40.0 Å². The molecule has 0 saturated carbocycles. The first-order valence-corrected chi connectivity index (χ1v) is 7.61. The summed E-state index contributed by atoms with van der Waals surface area (Å²) in [5.41, 5.74) is -2.19. The smallest absolute Gasteiger partial charge is 0.346 e. The second-order valence-electron chi connectivity index (χ2n) is 4.49. The number of rotatable bonds is 4. The number of benzene rings is 2. The molecule has 0 saturated heterocycles. The third-order valence-corrected chi connectivity index (χ3v) is 4.86. The number of hydrogen-bond donors (Lipinski definition) is 0. The third kappa shape index (κ3) is 2.88. The first kappa shape index (κ1) is 18.6. The van der Waals surface area contributed by atoms with E-state index in [9.17, 15) is 40.5 Å². The van der Waals surface area contributed by atoms with Crippen molar-refractivity contribution in [1.29, 1.82) is 0 Å². The number of nitro benzene ring substituents is 1. The van der Waals surface area contributed by atoms with Gasteiger partial charge < -0.3 is 4.74 Å². The fourth-order valence-corrected chi connectivity index (χ4v) is 3.32. The van der Waals surface area contributed by atoms with Gasteiger partial charge in [-0.15, -0.1) is 0 Å². The Morgan fingerprint density at radius 3 is 1.92 bits per heavy atom. The van der Waals surface area contributed by atoms with Crippen LogP contribution in [-0.4, -0.2) is 20.5 Å². The van der Waals surface area contributed by atoms with Gasteiger partial charge in [0.2, 0.25) is 21.5 Å². The summed E-state index contributed by atoms with van der Waals surface area (Å²) in [6.45, 7) is 0. The number of hydrogen-bond acceptors (Lipinski definition) is 5. The van der Waals surface area contributed by atoms with Crippen LogP contribution in [0.3, 0.4) is 0 Å². The first-order valence-electron chi connectivity index (χ1n) is 6.13. The van der Waals surface area contributed by atoms with Crippen LogP contribution in [0, 0.1) is 39.2 Å². The van der Waals surface area contributed by atoms with Gasteiger partial charge in [0.25, 0.3) is 0 Å². The molecule has 0 amide bonds. The van der Waals surface area contributed by atoms with Crippen LogP contribution in [-0.2, 0) is 9.84 Å². The van der Waals surface area contributed by atoms with Crippen molar-refractivity contribution in [1.82, 2.24) is 0 Å². The van der Waals surface area contributed by atoms with Crippen LogP contribution in [0.4, 0.5) is 27.6 Å². The third-order valence-electron chi connectivity index (χ3n) is 3.08. The summed E-state index contributed by atoms with van der Waals surface area (Å²) in [6, 6.07) is 1.79. The van der Waals surface area contributed by atoms with Gasteiger partial charge in [0.15, 0.2) is 23.2 Å². The molecule has 2 aromatic carbocycles. The summed E-state index contributed by atoms with van der Waals surface area (Å²) >= 11 is 0. The highest BCUT2D eigenvalue weighted by Crippen LogP contribution is 2.35. The summed E-state index contributed by atoms with van der Waals surface area (Å²) in [6.07, 6.45) is 0. The molecular weight excluding hydrogens is 377 g/mol. The molecular formula is C13H6F5NO5S. The Hall–Kier alpha value is -2.76. The molecule has 2 rings (SSSR count). The van der Waals surface area contributed by atoms with Crippen LogP contribution in [0.15, 0.2) is 28.0 Å². The van der Waals surface area contributed by atoms with Gasteiger partial charge in [-0.1, -0.05) is 0 Å². The minimum atomic E-state index is -5.28. The number of halogens is 5. The average Bonchev–Trinajstić information content (AvgIpc) is 2.52. The SMILES string of the molecule is COc1ccc(S(=O)(=O)c2c(F)c(F)c([N+](=O)[O-])c(F)c2F)cc1F. The molecule has 134 valence electrons. The second-order valence-corrected chi connectivity index (χ2v) is 6.38. The van der Waals surface area contributed by atoms with E-state index in [0.29, 0.717) is 12.1 Å². The van der Waals surface area contributed by atoms with Crippen LogP contribution in [0.2, 0.25) is 0 Å². The molecule has 0 heterocycles. The lowest BCUT2D eigenvalue weighted by molar-refractivity contribution is -0.390. The number of nitrogens with zero attached hydrogens (tertiary/aromatic N) is 1. The van der Waals surface area contributed by atoms with Gasteiger partial charge in [-0.05, 0) is 18.2 Å². The molecule has 0 aliphatic rings. The number of nitro groups is 1. The lowest BCUT2D eigenvalue weighted by Crippen LogP contribution is -2.14. The molecule has 0 aliphatic heterocycles. The topological polar surface area (TPSA) is 86.5 Å². The van der Waals surface area contributed by atoms with Gasteiger partial charge >= 0.3 is 5.69 Å². The Balaban J connectivity index is 2.81. The van der Waals surface area contributed by atoms with Crippen molar-refractivity contribution in [2.24, 2.45) is 0 Å². The molecule has 0 bridgehead atoms. The van der Waals surface area contributed by atoms with E-state index in [1.807, 2.05) is 0 Å². The maximum atomic E-state index is 13.9. The molecule has 2 aromatic rings. The van der Waals surface area contributed by atoms with Crippen molar-refractivity contribution >= 4 is 15.5 Å². The maximum Gasteiger partial charge on any atom is 0.346 e. The summed E-state index contributed by atoms with van der Waals surface area (Å²) < 4.78 is 97.6. The largest absolute Gasteiger partial charge is 0.494 e. The normalized spacial score (nSPS) is 11.4. The molecule has 0 fully saturated rings. The highest BCUT2D eigenvalue weighted by Gasteiger charge is 2.39. The van der Waals surface area contributed by atoms with E-state index in [2.05, 4.69) is 4.74 Å². The second kappa shape index (κ2) is 6.27. The highest BCUT2D eigenvalue weighted by atomic mass is 32.2. The molecule has 0 radical (unpaired) electrons. The van der Waals surface area contributed by atoms with Crippen molar-refractivity contribution in [3.63, 3.8) is 0 Å². The molecule has 0 N–H and O–H groups in total. The van der Waals surface area contributed by atoms with Crippen LogP contribution in [0.1, 0.15) is 0 Å². The number of sulfone groups is 1. The summed E-state index contributed by atoms with van der Waals surface area (Å²) in [5, 5.41) is 10.5. The Morgan fingerprint density at radius 2 is 1.52 bits per heavy atom. The fraction of sp³-hybridized carbons (Fsp3) is 0.0769. The fourth-order valence-electron chi connectivity index (χ4n) is 1.93. The van der Waals surface area contributed by atoms with Crippen molar-refractivity contribution in [3.8, 4) is 5.75 Å². The predicted molar refractivity (Wildman–Crippen MR) is 71.3 cm³/mol. The average molecular weight is 383 g/mol. The Kier molecular flexibility index (Phi) is 4.66. The monoisotopic (exact) mass is 383 g/mol. The molecule has 6 nitrogen and oxygen atoms in total. The zero-order valence-electron chi connectivity index (χ0n) is 12.0. The van der Waals surface area contributed by atoms with E-state index in [-0.39, 0.29) is 0 Å². The summed E-state index contributed by atoms with van der Waals surface area (Å²) in [7, 11) is -4.22. The lowest BCUT2D eigenvalue weighted by Gasteiger charge is -2.10.